The van der Waals surface area contributed by atoms with Gasteiger partial charge in [0.2, 0.25) is 0 Å². The first kappa shape index (κ1) is 28.9. The Kier molecular flexibility index (Phi) is 13.5. The molecule has 0 heterocycles. The molecule has 5 N–H and O–H groups in total. The van der Waals surface area contributed by atoms with Gasteiger partial charge in [0, 0.05) is 0 Å². The topological polar surface area (TPSA) is 180 Å². The maximum absolute atomic E-state index is 11.9. The van der Waals surface area contributed by atoms with Crippen LogP contribution in [-0.4, -0.2) is 92.5 Å². The summed E-state index contributed by atoms with van der Waals surface area (Å²) in [5.74, 6) is -1.71. The Bertz CT molecular complexity index is 571. The van der Waals surface area contributed by atoms with Crippen LogP contribution in [0.15, 0.2) is 0 Å². The van der Waals surface area contributed by atoms with Crippen LogP contribution in [0.4, 0.5) is 0 Å². The number of quaternary nitrogens is 1. The number of carbonyl (C=O) groups is 2. The zero-order valence-electron chi connectivity index (χ0n) is 18.1. The average Bonchev–Trinajstić information content (AvgIpc) is 2.61. The minimum absolute atomic E-state index is 0.132. The molecular formula is C17H36N3O9P. The van der Waals surface area contributed by atoms with Crippen molar-refractivity contribution < 1.29 is 47.5 Å². The number of rotatable bonds is 16. The molecular weight excluding hydrogens is 421 g/mol. The van der Waals surface area contributed by atoms with E-state index in [0.29, 0.717) is 11.0 Å². The van der Waals surface area contributed by atoms with E-state index in [-0.39, 0.29) is 19.6 Å². The molecule has 0 aliphatic heterocycles. The van der Waals surface area contributed by atoms with Gasteiger partial charge >= 0.3 is 5.97 Å². The van der Waals surface area contributed by atoms with E-state index in [9.17, 15) is 29.3 Å². The van der Waals surface area contributed by atoms with Crippen molar-refractivity contribution in [3.63, 3.8) is 0 Å². The summed E-state index contributed by atoms with van der Waals surface area (Å²) in [4.78, 5) is 35.1. The molecule has 13 heteroatoms. The summed E-state index contributed by atoms with van der Waals surface area (Å²) in [5, 5.41) is 21.7. The van der Waals surface area contributed by atoms with Crippen molar-refractivity contribution in [2.24, 2.45) is 5.73 Å². The molecule has 0 aliphatic carbocycles. The molecule has 0 aromatic rings. The van der Waals surface area contributed by atoms with Gasteiger partial charge in [0.15, 0.2) is 6.10 Å². The fourth-order valence-electron chi connectivity index (χ4n) is 1.99. The lowest BCUT2D eigenvalue weighted by molar-refractivity contribution is -0.870. The normalized spacial score (nSPS) is 16.9. The third-order valence-corrected chi connectivity index (χ3v) is 4.74. The van der Waals surface area contributed by atoms with Crippen LogP contribution in [0.3, 0.4) is 0 Å². The van der Waals surface area contributed by atoms with Gasteiger partial charge in [-0.05, 0) is 6.42 Å². The van der Waals surface area contributed by atoms with Gasteiger partial charge in [-0.25, -0.2) is 0 Å². The van der Waals surface area contributed by atoms with E-state index in [1.54, 1.807) is 0 Å². The molecule has 0 rings (SSSR count). The molecule has 178 valence electrons. The quantitative estimate of drug-likeness (QED) is 0.0696. The second-order valence-electron chi connectivity index (χ2n) is 7.85. The number of aliphatic hydroxyl groups excluding tert-OH is 2. The summed E-state index contributed by atoms with van der Waals surface area (Å²) in [5.41, 5.74) is 5.60. The number of ether oxygens (including phenoxy) is 1. The average molecular weight is 457 g/mol. The van der Waals surface area contributed by atoms with Crippen LogP contribution < -0.4 is 15.9 Å². The van der Waals surface area contributed by atoms with Crippen molar-refractivity contribution in [1.82, 2.24) is 5.32 Å². The Morgan fingerprint density at radius 1 is 1.17 bits per heavy atom. The number of phosphoric acid groups is 1. The second kappa shape index (κ2) is 14.0. The Labute approximate surface area is 177 Å². The number of esters is 1. The van der Waals surface area contributed by atoms with Crippen molar-refractivity contribution in [1.29, 1.82) is 0 Å². The molecule has 30 heavy (non-hydrogen) atoms. The molecule has 4 unspecified atom stereocenters. The van der Waals surface area contributed by atoms with Crippen molar-refractivity contribution in [3.05, 3.63) is 0 Å². The number of nitrogens with one attached hydrogen (secondary N) is 1. The van der Waals surface area contributed by atoms with E-state index in [4.69, 9.17) is 10.5 Å². The Balaban J connectivity index is 4.29. The third kappa shape index (κ3) is 14.8. The van der Waals surface area contributed by atoms with Crippen molar-refractivity contribution in [2.75, 3.05) is 47.5 Å². The standard InChI is InChI=1S/C17H36N3O9P/c1-5-6-7-9-27-15(22)11-14(18)19-17(24)16(23)13(21)12-29-30(25,26)28-10-8-20(2,3)4/h13-14,16,21,23H,5-12,18H2,1-4H3,(H-,19,24,25,26). The molecule has 1 amide bonds. The van der Waals surface area contributed by atoms with Gasteiger partial charge in [-0.1, -0.05) is 19.8 Å². The monoisotopic (exact) mass is 457 g/mol. The van der Waals surface area contributed by atoms with Gasteiger partial charge in [-0.3, -0.25) is 14.2 Å². The largest absolute Gasteiger partial charge is 0.756 e. The fraction of sp³-hybridized carbons (Fsp3) is 0.882. The van der Waals surface area contributed by atoms with Crippen LogP contribution in [0.1, 0.15) is 32.6 Å². The van der Waals surface area contributed by atoms with Crippen LogP contribution in [-0.2, 0) is 27.9 Å². The van der Waals surface area contributed by atoms with Crippen LogP contribution in [0.5, 0.6) is 0 Å². The number of unbranched alkanes of at least 4 members (excludes halogenated alkanes) is 2. The van der Waals surface area contributed by atoms with Gasteiger partial charge < -0.3 is 44.4 Å². The number of hydrogen-bond donors (Lipinski definition) is 4. The van der Waals surface area contributed by atoms with Crippen molar-refractivity contribution in [3.8, 4) is 0 Å². The minimum atomic E-state index is -4.71. The van der Waals surface area contributed by atoms with E-state index >= 15 is 0 Å². The minimum Gasteiger partial charge on any atom is -0.756 e. The number of nitrogens with zero attached hydrogens (tertiary/aromatic N) is 1. The number of carbonyl (C=O) groups excluding carboxylic acids is 2. The first-order chi connectivity index (χ1) is 13.8. The lowest BCUT2D eigenvalue weighted by Gasteiger charge is -2.28. The number of nitrogens with two attached hydrogens (primary N) is 1. The molecule has 0 saturated heterocycles. The first-order valence-corrected chi connectivity index (χ1v) is 11.2. The molecule has 0 saturated carbocycles. The predicted molar refractivity (Wildman–Crippen MR) is 106 cm³/mol. The number of likely N-dealkylation sites (N-methyl/N-ethyl adjacent to an activating group) is 1. The zero-order valence-corrected chi connectivity index (χ0v) is 19.0. The highest BCUT2D eigenvalue weighted by molar-refractivity contribution is 7.45. The van der Waals surface area contributed by atoms with E-state index in [0.717, 1.165) is 19.3 Å². The van der Waals surface area contributed by atoms with Crippen LogP contribution in [0.25, 0.3) is 0 Å². The Morgan fingerprint density at radius 2 is 1.80 bits per heavy atom. The highest BCUT2D eigenvalue weighted by atomic mass is 31.2. The smallest absolute Gasteiger partial charge is 0.309 e. The summed E-state index contributed by atoms with van der Waals surface area (Å²) in [7, 11) is 0.815. The van der Waals surface area contributed by atoms with Crippen molar-refractivity contribution in [2.45, 2.75) is 51.0 Å². The highest BCUT2D eigenvalue weighted by Gasteiger charge is 2.28. The van der Waals surface area contributed by atoms with Gasteiger partial charge in [0.25, 0.3) is 13.7 Å². The fourth-order valence-corrected chi connectivity index (χ4v) is 2.71. The molecule has 4 atom stereocenters. The van der Waals surface area contributed by atoms with Gasteiger partial charge in [-0.2, -0.15) is 0 Å². The molecule has 0 aromatic heterocycles. The maximum atomic E-state index is 11.9. The Morgan fingerprint density at radius 3 is 2.37 bits per heavy atom. The summed E-state index contributed by atoms with van der Waals surface area (Å²) in [6, 6.07) is 0. The van der Waals surface area contributed by atoms with Crippen LogP contribution in [0.2, 0.25) is 0 Å². The molecule has 12 nitrogen and oxygen atoms in total. The zero-order chi connectivity index (χ0) is 23.4. The van der Waals surface area contributed by atoms with E-state index in [1.165, 1.54) is 0 Å². The highest BCUT2D eigenvalue weighted by Crippen LogP contribution is 2.38. The van der Waals surface area contributed by atoms with Gasteiger partial charge in [0.1, 0.15) is 19.3 Å². The summed E-state index contributed by atoms with van der Waals surface area (Å²) < 4.78 is 26.2. The second-order valence-corrected chi connectivity index (χ2v) is 9.26. The number of phosphoric ester groups is 1. The molecule has 0 aliphatic rings. The van der Waals surface area contributed by atoms with E-state index in [1.807, 2.05) is 28.1 Å². The number of hydrogen-bond acceptors (Lipinski definition) is 10. The lowest BCUT2D eigenvalue weighted by Crippen LogP contribution is -2.51. The first-order valence-electron chi connectivity index (χ1n) is 9.75. The van der Waals surface area contributed by atoms with Crippen LogP contribution in [0, 0.1) is 0 Å². The number of aliphatic hydroxyl groups is 2. The maximum Gasteiger partial charge on any atom is 0.309 e. The molecule has 0 fully saturated rings. The molecule has 0 spiro atoms. The summed E-state index contributed by atoms with van der Waals surface area (Å²) in [6.07, 6.45) is -2.75. The van der Waals surface area contributed by atoms with Crippen molar-refractivity contribution >= 4 is 19.7 Å². The SMILES string of the molecule is CCCCCOC(=O)CC(N)NC(=O)C(O)C(O)COP(=O)([O-])OCC[N+](C)(C)C. The van der Waals surface area contributed by atoms with Crippen LogP contribution >= 0.6 is 7.82 Å². The van der Waals surface area contributed by atoms with Gasteiger partial charge in [-0.15, -0.1) is 0 Å². The van der Waals surface area contributed by atoms with E-state index in [2.05, 4.69) is 14.4 Å². The predicted octanol–water partition coefficient (Wildman–Crippen LogP) is -1.56. The third-order valence-electron chi connectivity index (χ3n) is 3.77. The summed E-state index contributed by atoms with van der Waals surface area (Å²) in [6.45, 7) is 1.62. The van der Waals surface area contributed by atoms with Gasteiger partial charge in [0.05, 0.1) is 46.9 Å². The Hall–Kier alpha value is -1.11. The molecule has 0 radical (unpaired) electrons. The van der Waals surface area contributed by atoms with E-state index < -0.39 is 44.7 Å². The number of amides is 1. The molecule has 0 aromatic carbocycles. The molecule has 0 bridgehead atoms. The lowest BCUT2D eigenvalue weighted by atomic mass is 10.2. The summed E-state index contributed by atoms with van der Waals surface area (Å²) >= 11 is 0.